The maximum Gasteiger partial charge on any atom is 0.240 e. The molecule has 1 heterocycles. The summed E-state index contributed by atoms with van der Waals surface area (Å²) < 4.78 is 41.3. The summed E-state index contributed by atoms with van der Waals surface area (Å²) in [5.41, 5.74) is 0.698. The predicted molar refractivity (Wildman–Crippen MR) is 81.6 cm³/mol. The third-order valence-electron chi connectivity index (χ3n) is 3.24. The first-order valence-electron chi connectivity index (χ1n) is 6.55. The van der Waals surface area contributed by atoms with Crippen molar-refractivity contribution < 1.29 is 17.9 Å². The number of sulfonamides is 1. The second-order valence-corrected chi connectivity index (χ2v) is 7.00. The third kappa shape index (κ3) is 3.86. The maximum atomic E-state index is 13.1. The molecule has 0 radical (unpaired) electrons. The van der Waals surface area contributed by atoms with E-state index < -0.39 is 21.9 Å². The van der Waals surface area contributed by atoms with Crippen LogP contribution in [-0.4, -0.2) is 24.6 Å². The maximum absolute atomic E-state index is 13.1. The Morgan fingerprint density at radius 1 is 1.41 bits per heavy atom. The highest BCUT2D eigenvalue weighted by Gasteiger charge is 2.17. The lowest BCUT2D eigenvalue weighted by Gasteiger charge is -2.13. The van der Waals surface area contributed by atoms with Crippen LogP contribution in [0.5, 0.6) is 0 Å². The molecule has 2 aromatic rings. The van der Waals surface area contributed by atoms with Gasteiger partial charge >= 0.3 is 0 Å². The number of halogens is 2. The van der Waals surface area contributed by atoms with Crippen LogP contribution in [0.3, 0.4) is 0 Å². The predicted octanol–water partition coefficient (Wildman–Crippen LogP) is 2.22. The van der Waals surface area contributed by atoms with Crippen molar-refractivity contribution in [2.75, 3.05) is 6.54 Å². The molecule has 22 heavy (non-hydrogen) atoms. The number of aromatic nitrogens is 1. The van der Waals surface area contributed by atoms with E-state index in [2.05, 4.69) is 4.72 Å². The fourth-order valence-electron chi connectivity index (χ4n) is 2.03. The average Bonchev–Trinajstić information content (AvgIpc) is 2.87. The van der Waals surface area contributed by atoms with Crippen molar-refractivity contribution in [3.05, 3.63) is 53.1 Å². The van der Waals surface area contributed by atoms with E-state index >= 15 is 0 Å². The smallest absolute Gasteiger partial charge is 0.240 e. The third-order valence-corrected chi connectivity index (χ3v) is 4.98. The summed E-state index contributed by atoms with van der Waals surface area (Å²) in [6, 6.07) is 6.74. The molecule has 0 aliphatic heterocycles. The Morgan fingerprint density at radius 2 is 2.14 bits per heavy atom. The van der Waals surface area contributed by atoms with Gasteiger partial charge in [-0.2, -0.15) is 0 Å². The van der Waals surface area contributed by atoms with Gasteiger partial charge in [0.2, 0.25) is 10.0 Å². The van der Waals surface area contributed by atoms with Gasteiger partial charge in [-0.15, -0.1) is 0 Å². The van der Waals surface area contributed by atoms with Gasteiger partial charge in [0.1, 0.15) is 5.82 Å². The van der Waals surface area contributed by atoms with Crippen LogP contribution in [0.4, 0.5) is 4.39 Å². The van der Waals surface area contributed by atoms with Gasteiger partial charge in [0.15, 0.2) is 0 Å². The first kappa shape index (κ1) is 17.0. The van der Waals surface area contributed by atoms with Crippen molar-refractivity contribution in [1.82, 2.24) is 9.29 Å². The fraction of sp³-hybridized carbons (Fsp3) is 0.286. The van der Waals surface area contributed by atoms with Crippen molar-refractivity contribution in [2.45, 2.75) is 17.4 Å². The minimum absolute atomic E-state index is 0.0453. The number of nitrogens with zero attached hydrogens (tertiary/aromatic N) is 1. The molecular weight excluding hydrogens is 331 g/mol. The molecule has 0 saturated heterocycles. The Kier molecular flexibility index (Phi) is 5.23. The van der Waals surface area contributed by atoms with Crippen LogP contribution in [0.15, 0.2) is 41.4 Å². The molecule has 8 heteroatoms. The minimum Gasteiger partial charge on any atom is -0.387 e. The first-order chi connectivity index (χ1) is 10.3. The van der Waals surface area contributed by atoms with Crippen LogP contribution in [0, 0.1) is 5.82 Å². The molecule has 0 spiro atoms. The lowest BCUT2D eigenvalue weighted by Crippen LogP contribution is -2.26. The van der Waals surface area contributed by atoms with Gasteiger partial charge in [0.05, 0.1) is 16.0 Å². The van der Waals surface area contributed by atoms with Crippen molar-refractivity contribution in [3.63, 3.8) is 0 Å². The van der Waals surface area contributed by atoms with Crippen LogP contribution >= 0.6 is 11.6 Å². The largest absolute Gasteiger partial charge is 0.387 e. The molecule has 0 aliphatic carbocycles. The number of benzene rings is 1. The molecule has 2 N–H and O–H groups in total. The van der Waals surface area contributed by atoms with E-state index in [4.69, 9.17) is 11.6 Å². The lowest BCUT2D eigenvalue weighted by molar-refractivity contribution is 0.161. The zero-order chi connectivity index (χ0) is 16.3. The molecule has 1 aromatic carbocycles. The molecule has 0 fully saturated rings. The van der Waals surface area contributed by atoms with Crippen LogP contribution in [0.2, 0.25) is 5.02 Å². The number of aliphatic hydroxyl groups excluding tert-OH is 1. The van der Waals surface area contributed by atoms with Crippen LogP contribution < -0.4 is 4.72 Å². The minimum atomic E-state index is -3.79. The molecule has 0 aliphatic rings. The van der Waals surface area contributed by atoms with E-state index in [1.54, 1.807) is 29.9 Å². The molecule has 0 bridgehead atoms. The van der Waals surface area contributed by atoms with E-state index in [-0.39, 0.29) is 22.9 Å². The van der Waals surface area contributed by atoms with Gasteiger partial charge in [-0.1, -0.05) is 11.6 Å². The fourth-order valence-corrected chi connectivity index (χ4v) is 3.34. The molecule has 0 unspecified atom stereocenters. The summed E-state index contributed by atoms with van der Waals surface area (Å²) >= 11 is 5.58. The molecule has 5 nitrogen and oxygen atoms in total. The van der Waals surface area contributed by atoms with Crippen LogP contribution in [0.25, 0.3) is 0 Å². The van der Waals surface area contributed by atoms with Crippen LogP contribution in [0.1, 0.15) is 18.2 Å². The second-order valence-electron chi connectivity index (χ2n) is 4.82. The molecule has 0 saturated carbocycles. The van der Waals surface area contributed by atoms with Crippen molar-refractivity contribution in [1.29, 1.82) is 0 Å². The average molecular weight is 347 g/mol. The summed E-state index contributed by atoms with van der Waals surface area (Å²) in [6.45, 7) is 0.0453. The number of hydrogen-bond donors (Lipinski definition) is 2. The highest BCUT2D eigenvalue weighted by Crippen LogP contribution is 2.20. The van der Waals surface area contributed by atoms with Gasteiger partial charge in [-0.25, -0.2) is 17.5 Å². The van der Waals surface area contributed by atoms with Gasteiger partial charge < -0.3 is 9.67 Å². The quantitative estimate of drug-likeness (QED) is 0.842. The van der Waals surface area contributed by atoms with Gasteiger partial charge in [-0.05, 0) is 36.8 Å². The highest BCUT2D eigenvalue weighted by atomic mass is 35.5. The Bertz CT molecular complexity index is 761. The summed E-state index contributed by atoms with van der Waals surface area (Å²) in [5, 5.41) is 9.75. The highest BCUT2D eigenvalue weighted by molar-refractivity contribution is 7.89. The molecule has 2 rings (SSSR count). The van der Waals surface area contributed by atoms with Crippen molar-refractivity contribution in [3.8, 4) is 0 Å². The first-order valence-corrected chi connectivity index (χ1v) is 8.41. The summed E-state index contributed by atoms with van der Waals surface area (Å²) in [5.74, 6) is -0.681. The van der Waals surface area contributed by atoms with E-state index in [9.17, 15) is 17.9 Å². The second kappa shape index (κ2) is 6.78. The summed E-state index contributed by atoms with van der Waals surface area (Å²) in [4.78, 5) is -0.118. The van der Waals surface area contributed by atoms with Crippen molar-refractivity contribution >= 4 is 21.6 Å². The zero-order valence-electron chi connectivity index (χ0n) is 11.8. The van der Waals surface area contributed by atoms with Gasteiger partial charge in [0.25, 0.3) is 0 Å². The Morgan fingerprint density at radius 3 is 2.73 bits per heavy atom. The standard InChI is InChI=1S/C14H16ClFN2O3S/c1-18-8-2-3-13(18)14(19)6-7-17-22(20,21)10-4-5-12(16)11(15)9-10/h2-5,8-9,14,17,19H,6-7H2,1H3/t14-/m0/s1. The number of nitrogens with one attached hydrogen (secondary N) is 1. The topological polar surface area (TPSA) is 71.3 Å². The zero-order valence-corrected chi connectivity index (χ0v) is 13.4. The number of aliphatic hydroxyl groups is 1. The van der Waals surface area contributed by atoms with Gasteiger partial charge in [-0.3, -0.25) is 0 Å². The van der Waals surface area contributed by atoms with Gasteiger partial charge in [0, 0.05) is 25.5 Å². The van der Waals surface area contributed by atoms with Crippen LogP contribution in [-0.2, 0) is 17.1 Å². The normalized spacial score (nSPS) is 13.3. The molecular formula is C14H16ClFN2O3S. The monoisotopic (exact) mass is 346 g/mol. The molecule has 1 aromatic heterocycles. The Labute approximate surface area is 133 Å². The Balaban J connectivity index is 1.98. The lowest BCUT2D eigenvalue weighted by atomic mass is 10.2. The number of aryl methyl sites for hydroxylation is 1. The van der Waals surface area contributed by atoms with E-state index in [0.29, 0.717) is 5.69 Å². The molecule has 0 amide bonds. The molecule has 1 atom stereocenters. The van der Waals surface area contributed by atoms with Crippen molar-refractivity contribution in [2.24, 2.45) is 7.05 Å². The summed E-state index contributed by atoms with van der Waals surface area (Å²) in [6.07, 6.45) is 1.23. The Hall–Kier alpha value is -1.41. The number of rotatable bonds is 6. The van der Waals surface area contributed by atoms with E-state index in [1.165, 1.54) is 0 Å². The summed E-state index contributed by atoms with van der Waals surface area (Å²) in [7, 11) is -2.00. The van der Waals surface area contributed by atoms with E-state index in [0.717, 1.165) is 18.2 Å². The van der Waals surface area contributed by atoms with E-state index in [1.807, 2.05) is 0 Å². The molecule has 120 valence electrons. The SMILES string of the molecule is Cn1cccc1[C@@H](O)CCNS(=O)(=O)c1ccc(F)c(Cl)c1. The number of hydrogen-bond acceptors (Lipinski definition) is 3.